The van der Waals surface area contributed by atoms with Gasteiger partial charge in [-0.15, -0.1) is 10.2 Å². The molecule has 0 aliphatic carbocycles. The van der Waals surface area contributed by atoms with Crippen molar-refractivity contribution in [2.24, 2.45) is 5.92 Å². The Hall–Kier alpha value is -4.22. The standard InChI is InChI=1S/C28H31F2N7O3/c1-18-8-9-23-33-34-25(37(23)35-18)28(29,30)21-7-5-6-20(14-21)24-31-15-22(16-32-24)39-17-19-10-12-36(13-11-19)26(38)40-27(2,3)4/h5-9,14-16,19H,10-13,17H2,1-4H3. The molecule has 40 heavy (non-hydrogen) atoms. The molecule has 1 aliphatic rings. The number of hydrogen-bond acceptors (Lipinski definition) is 8. The van der Waals surface area contributed by atoms with Crippen molar-refractivity contribution in [3.8, 4) is 17.1 Å². The molecule has 0 N–H and O–H groups in total. The van der Waals surface area contributed by atoms with Crippen LogP contribution in [-0.4, -0.2) is 66.1 Å². The van der Waals surface area contributed by atoms with Crippen LogP contribution in [0.5, 0.6) is 5.75 Å². The van der Waals surface area contributed by atoms with Gasteiger partial charge in [0.25, 0.3) is 0 Å². The van der Waals surface area contributed by atoms with Gasteiger partial charge >= 0.3 is 12.0 Å². The Morgan fingerprint density at radius 3 is 2.48 bits per heavy atom. The highest BCUT2D eigenvalue weighted by atomic mass is 19.3. The Morgan fingerprint density at radius 1 is 1.05 bits per heavy atom. The fourth-order valence-electron chi connectivity index (χ4n) is 4.42. The van der Waals surface area contributed by atoms with Gasteiger partial charge in [-0.2, -0.15) is 18.4 Å². The van der Waals surface area contributed by atoms with Crippen LogP contribution < -0.4 is 4.74 Å². The number of fused-ring (bicyclic) bond motifs is 1. The molecule has 1 fully saturated rings. The Morgan fingerprint density at radius 2 is 1.77 bits per heavy atom. The van der Waals surface area contributed by atoms with E-state index in [0.717, 1.165) is 17.4 Å². The summed E-state index contributed by atoms with van der Waals surface area (Å²) in [5.74, 6) is -2.96. The molecule has 0 saturated carbocycles. The van der Waals surface area contributed by atoms with Crippen LogP contribution in [-0.2, 0) is 10.7 Å². The van der Waals surface area contributed by atoms with Gasteiger partial charge in [-0.05, 0) is 64.7 Å². The molecular formula is C28H31F2N7O3. The summed E-state index contributed by atoms with van der Waals surface area (Å²) in [6.45, 7) is 8.95. The van der Waals surface area contributed by atoms with Crippen molar-refractivity contribution in [3.63, 3.8) is 0 Å². The molecule has 0 spiro atoms. The summed E-state index contributed by atoms with van der Waals surface area (Å²) < 4.78 is 43.4. The molecule has 3 aromatic heterocycles. The molecule has 1 aromatic carbocycles. The Bertz CT molecular complexity index is 1490. The molecule has 0 atom stereocenters. The average Bonchev–Trinajstić information content (AvgIpc) is 3.35. The van der Waals surface area contributed by atoms with Crippen LogP contribution in [0.15, 0.2) is 48.8 Å². The van der Waals surface area contributed by atoms with E-state index in [1.807, 2.05) is 20.8 Å². The van der Waals surface area contributed by atoms with Crippen LogP contribution in [0.4, 0.5) is 13.6 Å². The number of nitrogens with zero attached hydrogens (tertiary/aromatic N) is 7. The zero-order valence-corrected chi connectivity index (χ0v) is 22.8. The first-order valence-electron chi connectivity index (χ1n) is 13.1. The maximum Gasteiger partial charge on any atom is 0.410 e. The molecule has 0 unspecified atom stereocenters. The van der Waals surface area contributed by atoms with E-state index >= 15 is 8.78 Å². The number of ether oxygens (including phenoxy) is 2. The van der Waals surface area contributed by atoms with Crippen LogP contribution in [0.3, 0.4) is 0 Å². The van der Waals surface area contributed by atoms with Crippen molar-refractivity contribution in [1.29, 1.82) is 0 Å². The van der Waals surface area contributed by atoms with Crippen LogP contribution in [0.25, 0.3) is 17.0 Å². The lowest BCUT2D eigenvalue weighted by Gasteiger charge is -2.33. The number of amides is 1. The summed E-state index contributed by atoms with van der Waals surface area (Å²) in [4.78, 5) is 22.6. The van der Waals surface area contributed by atoms with Gasteiger partial charge in [0.15, 0.2) is 17.2 Å². The van der Waals surface area contributed by atoms with Gasteiger partial charge in [0.1, 0.15) is 5.60 Å². The number of hydrogen-bond donors (Lipinski definition) is 0. The molecule has 10 nitrogen and oxygen atoms in total. The summed E-state index contributed by atoms with van der Waals surface area (Å²) in [6.07, 6.45) is 4.37. The summed E-state index contributed by atoms with van der Waals surface area (Å²) in [5.41, 5.74) is 0.443. The van der Waals surface area contributed by atoms with Gasteiger partial charge in [0, 0.05) is 24.2 Å². The van der Waals surface area contributed by atoms with Gasteiger partial charge in [0.05, 0.1) is 24.7 Å². The average molecular weight is 552 g/mol. The van der Waals surface area contributed by atoms with Crippen molar-refractivity contribution in [3.05, 3.63) is 65.9 Å². The maximum absolute atomic E-state index is 15.5. The van der Waals surface area contributed by atoms with Crippen molar-refractivity contribution in [1.82, 2.24) is 34.7 Å². The molecular weight excluding hydrogens is 520 g/mol. The maximum atomic E-state index is 15.5. The minimum absolute atomic E-state index is 0.240. The molecule has 1 aliphatic heterocycles. The molecule has 1 saturated heterocycles. The molecule has 1 amide bonds. The quantitative estimate of drug-likeness (QED) is 0.327. The third-order valence-corrected chi connectivity index (χ3v) is 6.54. The molecule has 0 bridgehead atoms. The van der Waals surface area contributed by atoms with E-state index in [0.29, 0.717) is 36.7 Å². The molecule has 4 heterocycles. The zero-order chi connectivity index (χ0) is 28.5. The van der Waals surface area contributed by atoms with Crippen LogP contribution >= 0.6 is 0 Å². The summed E-state index contributed by atoms with van der Waals surface area (Å²) in [5, 5.41) is 11.7. The minimum atomic E-state index is -3.45. The fraction of sp³-hybridized carbons (Fsp3) is 0.429. The van der Waals surface area contributed by atoms with Gasteiger partial charge in [-0.25, -0.2) is 14.8 Å². The summed E-state index contributed by atoms with van der Waals surface area (Å²) in [7, 11) is 0. The number of aryl methyl sites for hydroxylation is 1. The number of alkyl halides is 2. The highest BCUT2D eigenvalue weighted by Gasteiger charge is 2.40. The highest BCUT2D eigenvalue weighted by molar-refractivity contribution is 5.68. The second-order valence-electron chi connectivity index (χ2n) is 10.9. The first-order chi connectivity index (χ1) is 19.0. The lowest BCUT2D eigenvalue weighted by Crippen LogP contribution is -2.42. The topological polar surface area (TPSA) is 108 Å². The van der Waals surface area contributed by atoms with E-state index in [1.165, 1.54) is 30.6 Å². The van der Waals surface area contributed by atoms with Crippen LogP contribution in [0.2, 0.25) is 0 Å². The zero-order valence-electron chi connectivity index (χ0n) is 22.8. The van der Waals surface area contributed by atoms with Crippen molar-refractivity contribution in [2.75, 3.05) is 19.7 Å². The Labute approximate surface area is 230 Å². The Balaban J connectivity index is 1.21. The third-order valence-electron chi connectivity index (χ3n) is 6.54. The monoisotopic (exact) mass is 551 g/mol. The minimum Gasteiger partial charge on any atom is -0.490 e. The van der Waals surface area contributed by atoms with E-state index in [4.69, 9.17) is 9.47 Å². The normalized spacial score (nSPS) is 14.9. The van der Waals surface area contributed by atoms with Crippen molar-refractivity contribution < 1.29 is 23.0 Å². The number of halogens is 2. The van der Waals surface area contributed by atoms with E-state index in [9.17, 15) is 4.79 Å². The number of rotatable bonds is 6. The number of carbonyl (C=O) groups is 1. The first kappa shape index (κ1) is 27.4. The van der Waals surface area contributed by atoms with Gasteiger partial charge < -0.3 is 14.4 Å². The Kier molecular flexibility index (Phi) is 7.35. The van der Waals surface area contributed by atoms with Crippen LogP contribution in [0, 0.1) is 12.8 Å². The second kappa shape index (κ2) is 10.7. The lowest BCUT2D eigenvalue weighted by atomic mass is 9.98. The smallest absolute Gasteiger partial charge is 0.410 e. The molecule has 0 radical (unpaired) electrons. The SMILES string of the molecule is Cc1ccc2nnc(C(F)(F)c3cccc(-c4ncc(OCC5CCN(C(=O)OC(C)(C)C)CC5)cn4)c3)n2n1. The van der Waals surface area contributed by atoms with E-state index < -0.39 is 17.3 Å². The van der Waals surface area contributed by atoms with E-state index in [-0.39, 0.29) is 29.0 Å². The van der Waals surface area contributed by atoms with E-state index in [2.05, 4.69) is 25.3 Å². The predicted molar refractivity (Wildman–Crippen MR) is 142 cm³/mol. The number of likely N-dealkylation sites (tertiary alicyclic amines) is 1. The largest absolute Gasteiger partial charge is 0.490 e. The highest BCUT2D eigenvalue weighted by Crippen LogP contribution is 2.36. The second-order valence-corrected chi connectivity index (χ2v) is 10.9. The lowest BCUT2D eigenvalue weighted by molar-refractivity contribution is 0.0164. The molecule has 5 rings (SSSR count). The molecule has 4 aromatic rings. The van der Waals surface area contributed by atoms with Gasteiger partial charge in [-0.3, -0.25) is 0 Å². The summed E-state index contributed by atoms with van der Waals surface area (Å²) >= 11 is 0. The molecule has 210 valence electrons. The van der Waals surface area contributed by atoms with Crippen LogP contribution in [0.1, 0.15) is 50.7 Å². The molecule has 12 heteroatoms. The van der Waals surface area contributed by atoms with Crippen molar-refractivity contribution >= 4 is 11.7 Å². The number of carbonyl (C=O) groups excluding carboxylic acids is 1. The fourth-order valence-corrected chi connectivity index (χ4v) is 4.42. The number of piperidine rings is 1. The third kappa shape index (κ3) is 6.00. The van der Waals surface area contributed by atoms with Gasteiger partial charge in [-0.1, -0.05) is 18.2 Å². The van der Waals surface area contributed by atoms with E-state index in [1.54, 1.807) is 30.0 Å². The van der Waals surface area contributed by atoms with Gasteiger partial charge in [0.2, 0.25) is 5.82 Å². The summed E-state index contributed by atoms with van der Waals surface area (Å²) in [6, 6.07) is 9.13. The number of benzene rings is 1. The van der Waals surface area contributed by atoms with Crippen molar-refractivity contribution in [2.45, 2.75) is 52.1 Å². The number of aromatic nitrogens is 6. The first-order valence-corrected chi connectivity index (χ1v) is 13.1. The predicted octanol–water partition coefficient (Wildman–Crippen LogP) is 5.06.